The number of carbonyl (C=O) groups excluding carboxylic acids is 1. The maximum absolute atomic E-state index is 12.0. The van der Waals surface area contributed by atoms with E-state index in [1.807, 2.05) is 0 Å². The van der Waals surface area contributed by atoms with Crippen molar-refractivity contribution in [1.29, 1.82) is 0 Å². The minimum Gasteiger partial charge on any atom is -0.495 e. The quantitative estimate of drug-likeness (QED) is 0.618. The average Bonchev–Trinajstić information content (AvgIpc) is 2.38. The van der Waals surface area contributed by atoms with Crippen LogP contribution in [-0.2, 0) is 14.8 Å². The maximum atomic E-state index is 12.0. The van der Waals surface area contributed by atoms with E-state index in [1.165, 1.54) is 25.3 Å². The van der Waals surface area contributed by atoms with Crippen LogP contribution in [0.15, 0.2) is 23.1 Å². The van der Waals surface area contributed by atoms with Crippen LogP contribution in [0, 0.1) is 0 Å². The van der Waals surface area contributed by atoms with Gasteiger partial charge in [-0.1, -0.05) is 0 Å². The van der Waals surface area contributed by atoms with E-state index in [-0.39, 0.29) is 29.5 Å². The number of nitrogen functional groups attached to an aromatic ring is 1. The van der Waals surface area contributed by atoms with E-state index in [9.17, 15) is 13.2 Å². The first-order valence-corrected chi connectivity index (χ1v) is 7.59. The Morgan fingerprint density at radius 2 is 2.10 bits per heavy atom. The number of amides is 1. The monoisotopic (exact) mass is 301 g/mol. The van der Waals surface area contributed by atoms with Crippen LogP contribution in [-0.4, -0.2) is 34.5 Å². The molecule has 112 valence electrons. The number of methoxy groups -OCH3 is 1. The Bertz CT molecular complexity index is 572. The summed E-state index contributed by atoms with van der Waals surface area (Å²) in [5.41, 5.74) is 5.90. The number of hydrogen-bond donors (Lipinski definition) is 3. The fourth-order valence-corrected chi connectivity index (χ4v) is 2.61. The van der Waals surface area contributed by atoms with E-state index >= 15 is 0 Å². The van der Waals surface area contributed by atoms with E-state index in [0.29, 0.717) is 12.3 Å². The number of sulfonamides is 1. The van der Waals surface area contributed by atoms with Crippen LogP contribution in [0.5, 0.6) is 5.75 Å². The van der Waals surface area contributed by atoms with Gasteiger partial charge in [0.1, 0.15) is 5.75 Å². The van der Waals surface area contributed by atoms with Gasteiger partial charge in [-0.05, 0) is 25.1 Å². The molecule has 8 heteroatoms. The van der Waals surface area contributed by atoms with Crippen molar-refractivity contribution in [3.63, 3.8) is 0 Å². The van der Waals surface area contributed by atoms with E-state index in [0.717, 1.165) is 0 Å². The van der Waals surface area contributed by atoms with Gasteiger partial charge in [0, 0.05) is 19.5 Å². The van der Waals surface area contributed by atoms with Crippen molar-refractivity contribution < 1.29 is 17.9 Å². The van der Waals surface area contributed by atoms with Crippen molar-refractivity contribution in [2.45, 2.75) is 18.2 Å². The first-order chi connectivity index (χ1) is 9.40. The van der Waals surface area contributed by atoms with E-state index in [4.69, 9.17) is 10.5 Å². The summed E-state index contributed by atoms with van der Waals surface area (Å²) in [6, 6.07) is 4.19. The summed E-state index contributed by atoms with van der Waals surface area (Å²) in [5.74, 6) is 0.204. The number of benzene rings is 1. The van der Waals surface area contributed by atoms with Gasteiger partial charge in [0.15, 0.2) is 0 Å². The van der Waals surface area contributed by atoms with E-state index in [2.05, 4.69) is 10.0 Å². The number of hydrogen-bond acceptors (Lipinski definition) is 5. The second kappa shape index (κ2) is 7.11. The van der Waals surface area contributed by atoms with Crippen LogP contribution in [0.2, 0.25) is 0 Å². The van der Waals surface area contributed by atoms with Crippen molar-refractivity contribution in [1.82, 2.24) is 10.0 Å². The summed E-state index contributed by atoms with van der Waals surface area (Å²) in [6.07, 6.45) is 0.0821. The van der Waals surface area contributed by atoms with Crippen LogP contribution in [0.25, 0.3) is 0 Å². The molecule has 0 aromatic heterocycles. The third-order valence-electron chi connectivity index (χ3n) is 2.53. The lowest BCUT2D eigenvalue weighted by Gasteiger charge is -2.09. The van der Waals surface area contributed by atoms with Gasteiger partial charge in [0.05, 0.1) is 17.7 Å². The first kappa shape index (κ1) is 16.3. The van der Waals surface area contributed by atoms with Gasteiger partial charge in [-0.2, -0.15) is 0 Å². The highest BCUT2D eigenvalue weighted by molar-refractivity contribution is 7.89. The van der Waals surface area contributed by atoms with Gasteiger partial charge < -0.3 is 15.8 Å². The largest absolute Gasteiger partial charge is 0.495 e. The second-order valence-corrected chi connectivity index (χ2v) is 5.77. The Labute approximate surface area is 118 Å². The maximum Gasteiger partial charge on any atom is 0.240 e. The molecule has 1 amide bonds. The molecule has 0 saturated carbocycles. The van der Waals surface area contributed by atoms with Gasteiger partial charge >= 0.3 is 0 Å². The van der Waals surface area contributed by atoms with Crippen LogP contribution in [0.1, 0.15) is 13.3 Å². The summed E-state index contributed by atoms with van der Waals surface area (Å²) in [4.78, 5) is 11.3. The molecule has 0 saturated heterocycles. The molecule has 1 rings (SSSR count). The van der Waals surface area contributed by atoms with E-state index in [1.54, 1.807) is 6.92 Å². The number of rotatable bonds is 7. The molecule has 0 aliphatic carbocycles. The Kier molecular flexibility index (Phi) is 5.78. The third kappa shape index (κ3) is 4.39. The van der Waals surface area contributed by atoms with Crippen molar-refractivity contribution in [2.24, 2.45) is 0 Å². The van der Waals surface area contributed by atoms with Gasteiger partial charge in [-0.25, -0.2) is 13.1 Å². The number of nitrogens with two attached hydrogens (primary N) is 1. The molecule has 4 N–H and O–H groups in total. The number of nitrogens with one attached hydrogen (secondary N) is 2. The Balaban J connectivity index is 2.69. The first-order valence-electron chi connectivity index (χ1n) is 6.10. The molecular weight excluding hydrogens is 282 g/mol. The van der Waals surface area contributed by atoms with Crippen LogP contribution in [0.3, 0.4) is 0 Å². The molecule has 0 atom stereocenters. The highest BCUT2D eigenvalue weighted by atomic mass is 32.2. The minimum absolute atomic E-state index is 0.0279. The molecule has 20 heavy (non-hydrogen) atoms. The fraction of sp³-hybridized carbons (Fsp3) is 0.417. The molecule has 0 spiro atoms. The molecule has 0 bridgehead atoms. The molecule has 0 aliphatic heterocycles. The summed E-state index contributed by atoms with van der Waals surface area (Å²) in [5, 5.41) is 2.59. The van der Waals surface area contributed by atoms with Crippen LogP contribution < -0.4 is 20.5 Å². The van der Waals surface area contributed by atoms with Gasteiger partial charge in [-0.3, -0.25) is 4.79 Å². The number of anilines is 1. The molecule has 1 aromatic carbocycles. The highest BCUT2D eigenvalue weighted by Crippen LogP contribution is 2.24. The zero-order chi connectivity index (χ0) is 15.2. The Hall–Kier alpha value is -1.80. The fourth-order valence-electron chi connectivity index (χ4n) is 1.55. The Morgan fingerprint density at radius 3 is 2.65 bits per heavy atom. The minimum atomic E-state index is -3.68. The molecule has 1 aromatic rings. The average molecular weight is 301 g/mol. The molecule has 7 nitrogen and oxygen atoms in total. The predicted molar refractivity (Wildman–Crippen MR) is 75.9 cm³/mol. The lowest BCUT2D eigenvalue weighted by atomic mass is 10.3. The lowest BCUT2D eigenvalue weighted by Crippen LogP contribution is -2.30. The number of carbonyl (C=O) groups is 1. The Morgan fingerprint density at radius 1 is 1.40 bits per heavy atom. The molecule has 0 unspecified atom stereocenters. The van der Waals surface area contributed by atoms with Crippen molar-refractivity contribution in [3.8, 4) is 5.75 Å². The zero-order valence-corrected chi connectivity index (χ0v) is 12.3. The highest BCUT2D eigenvalue weighted by Gasteiger charge is 2.15. The molecule has 0 fully saturated rings. The topological polar surface area (TPSA) is 111 Å². The SMILES string of the molecule is CCNC(=O)CCNS(=O)(=O)c1ccc(OC)c(N)c1. The molecule has 0 radical (unpaired) electrons. The summed E-state index contributed by atoms with van der Waals surface area (Å²) >= 11 is 0. The smallest absolute Gasteiger partial charge is 0.240 e. The molecular formula is C12H19N3O4S. The van der Waals surface area contributed by atoms with Crippen LogP contribution >= 0.6 is 0 Å². The lowest BCUT2D eigenvalue weighted by molar-refractivity contribution is -0.120. The summed E-state index contributed by atoms with van der Waals surface area (Å²) in [7, 11) is -2.24. The number of ether oxygens (including phenoxy) is 1. The summed E-state index contributed by atoms with van der Waals surface area (Å²) in [6.45, 7) is 2.34. The van der Waals surface area contributed by atoms with Crippen molar-refractivity contribution >= 4 is 21.6 Å². The third-order valence-corrected chi connectivity index (χ3v) is 3.99. The normalized spacial score (nSPS) is 11.1. The van der Waals surface area contributed by atoms with Crippen molar-refractivity contribution in [3.05, 3.63) is 18.2 Å². The van der Waals surface area contributed by atoms with Gasteiger partial charge in [0.25, 0.3) is 0 Å². The van der Waals surface area contributed by atoms with Crippen molar-refractivity contribution in [2.75, 3.05) is 25.9 Å². The molecule has 0 aliphatic rings. The summed E-state index contributed by atoms with van der Waals surface area (Å²) < 4.78 is 31.3. The van der Waals surface area contributed by atoms with Gasteiger partial charge in [-0.15, -0.1) is 0 Å². The van der Waals surface area contributed by atoms with E-state index < -0.39 is 10.0 Å². The second-order valence-electron chi connectivity index (χ2n) is 4.01. The zero-order valence-electron chi connectivity index (χ0n) is 11.5. The predicted octanol–water partition coefficient (Wildman–Crippen LogP) is 0.0819. The molecule has 0 heterocycles. The van der Waals surface area contributed by atoms with Crippen LogP contribution in [0.4, 0.5) is 5.69 Å². The van der Waals surface area contributed by atoms with Gasteiger partial charge in [0.2, 0.25) is 15.9 Å². The standard InChI is InChI=1S/C12H19N3O4S/c1-3-14-12(16)6-7-15-20(17,18)9-4-5-11(19-2)10(13)8-9/h4-5,8,15H,3,6-7,13H2,1-2H3,(H,14,16).